The Balaban J connectivity index is 1.99. The zero-order valence-electron chi connectivity index (χ0n) is 17.3. The zero-order valence-corrected chi connectivity index (χ0v) is 19.7. The van der Waals surface area contributed by atoms with Crippen LogP contribution in [0.1, 0.15) is 25.0 Å². The third-order valence-electron chi connectivity index (χ3n) is 4.39. The van der Waals surface area contributed by atoms with E-state index in [1.165, 1.54) is 31.4 Å². The molecule has 0 saturated heterocycles. The fourth-order valence-electron chi connectivity index (χ4n) is 2.84. The van der Waals surface area contributed by atoms with Gasteiger partial charge in [-0.3, -0.25) is 4.79 Å². The van der Waals surface area contributed by atoms with Crippen LogP contribution in [0.3, 0.4) is 0 Å². The second-order valence-corrected chi connectivity index (χ2v) is 9.19. The van der Waals surface area contributed by atoms with Gasteiger partial charge in [0.15, 0.2) is 6.61 Å². The third-order valence-corrected chi connectivity index (χ3v) is 6.33. The lowest BCUT2D eigenvalue weighted by Gasteiger charge is -2.16. The number of rotatable bonds is 11. The molecular formula is C21H27BrN2O5S. The van der Waals surface area contributed by atoms with E-state index in [2.05, 4.69) is 26.0 Å². The highest BCUT2D eigenvalue weighted by molar-refractivity contribution is 9.10. The van der Waals surface area contributed by atoms with Crippen LogP contribution in [0, 0.1) is 0 Å². The maximum atomic E-state index is 12.4. The Morgan fingerprint density at radius 2 is 1.67 bits per heavy atom. The molecular weight excluding hydrogens is 472 g/mol. The van der Waals surface area contributed by atoms with Crippen LogP contribution >= 0.6 is 15.9 Å². The van der Waals surface area contributed by atoms with Crippen LogP contribution < -0.4 is 14.8 Å². The second-order valence-electron chi connectivity index (χ2n) is 6.50. The molecule has 1 amide bonds. The van der Waals surface area contributed by atoms with Crippen molar-refractivity contribution in [1.29, 1.82) is 0 Å². The smallest absolute Gasteiger partial charge is 0.262 e. The molecule has 2 aromatic carbocycles. The van der Waals surface area contributed by atoms with Crippen molar-refractivity contribution < 1.29 is 22.7 Å². The lowest BCUT2D eigenvalue weighted by molar-refractivity contribution is -0.118. The lowest BCUT2D eigenvalue weighted by Crippen LogP contribution is -2.27. The van der Waals surface area contributed by atoms with Gasteiger partial charge in [-0.05, 0) is 60.4 Å². The highest BCUT2D eigenvalue weighted by Gasteiger charge is 2.14. The average Bonchev–Trinajstić information content (AvgIpc) is 2.73. The summed E-state index contributed by atoms with van der Waals surface area (Å²) in [6.45, 7) is 4.36. The van der Waals surface area contributed by atoms with Crippen LogP contribution in [0.4, 0.5) is 5.69 Å². The Hall–Kier alpha value is -1.94. The first-order valence-corrected chi connectivity index (χ1v) is 11.9. The molecule has 2 aromatic rings. The molecule has 164 valence electrons. The zero-order chi connectivity index (χ0) is 22.1. The van der Waals surface area contributed by atoms with E-state index < -0.39 is 10.0 Å². The first-order valence-electron chi connectivity index (χ1n) is 9.63. The normalized spacial score (nSPS) is 11.3. The van der Waals surface area contributed by atoms with E-state index in [-0.39, 0.29) is 30.6 Å². The van der Waals surface area contributed by atoms with Crippen molar-refractivity contribution in [2.45, 2.75) is 31.6 Å². The van der Waals surface area contributed by atoms with Gasteiger partial charge in [-0.15, -0.1) is 0 Å². The molecule has 0 spiro atoms. The van der Waals surface area contributed by atoms with E-state index in [1.807, 2.05) is 26.0 Å². The predicted molar refractivity (Wildman–Crippen MR) is 121 cm³/mol. The quantitative estimate of drug-likeness (QED) is 0.462. The lowest BCUT2D eigenvalue weighted by atomic mass is 10.0. The molecule has 0 aliphatic carbocycles. The van der Waals surface area contributed by atoms with Gasteiger partial charge in [-0.2, -0.15) is 0 Å². The van der Waals surface area contributed by atoms with Crippen LogP contribution in [0.25, 0.3) is 0 Å². The summed E-state index contributed by atoms with van der Waals surface area (Å²) >= 11 is 3.50. The van der Waals surface area contributed by atoms with Gasteiger partial charge in [-0.1, -0.05) is 29.8 Å². The summed E-state index contributed by atoms with van der Waals surface area (Å²) in [6, 6.07) is 9.90. The summed E-state index contributed by atoms with van der Waals surface area (Å²) in [5, 5.41) is 2.94. The molecule has 30 heavy (non-hydrogen) atoms. The molecule has 0 saturated carbocycles. The molecule has 0 aromatic heterocycles. The highest BCUT2D eigenvalue weighted by Crippen LogP contribution is 2.27. The summed E-state index contributed by atoms with van der Waals surface area (Å²) < 4.78 is 38.1. The molecule has 0 heterocycles. The molecule has 7 nitrogen and oxygen atoms in total. The summed E-state index contributed by atoms with van der Waals surface area (Å²) in [5.74, 6) is 0.128. The van der Waals surface area contributed by atoms with Crippen molar-refractivity contribution in [2.75, 3.05) is 32.2 Å². The van der Waals surface area contributed by atoms with Crippen molar-refractivity contribution in [2.24, 2.45) is 0 Å². The van der Waals surface area contributed by atoms with Gasteiger partial charge in [-0.25, -0.2) is 13.1 Å². The van der Waals surface area contributed by atoms with Gasteiger partial charge in [0, 0.05) is 23.8 Å². The van der Waals surface area contributed by atoms with Gasteiger partial charge in [0.1, 0.15) is 5.75 Å². The Morgan fingerprint density at radius 1 is 1.07 bits per heavy atom. The minimum absolute atomic E-state index is 0.116. The Kier molecular flexibility index (Phi) is 9.29. The van der Waals surface area contributed by atoms with Crippen molar-refractivity contribution in [1.82, 2.24) is 4.72 Å². The number of aryl methyl sites for hydroxylation is 2. The van der Waals surface area contributed by atoms with Gasteiger partial charge in [0.05, 0.1) is 11.5 Å². The number of benzene rings is 2. The number of hydrogen-bond donors (Lipinski definition) is 2. The first kappa shape index (κ1) is 24.3. The molecule has 0 bridgehead atoms. The molecule has 0 fully saturated rings. The molecule has 0 aliphatic rings. The number of nitrogens with one attached hydrogen (secondary N) is 2. The fraction of sp³-hybridized carbons (Fsp3) is 0.381. The first-order chi connectivity index (χ1) is 14.3. The third kappa shape index (κ3) is 6.80. The molecule has 9 heteroatoms. The van der Waals surface area contributed by atoms with E-state index in [4.69, 9.17) is 9.47 Å². The van der Waals surface area contributed by atoms with Crippen LogP contribution in [-0.2, 0) is 32.4 Å². The SMILES string of the molecule is CCc1cc(Br)cc(CC)c1NC(=O)COc1ccc(S(=O)(=O)NCCOC)cc1. The Labute approximate surface area is 186 Å². The van der Waals surface area contributed by atoms with E-state index in [0.29, 0.717) is 5.75 Å². The number of anilines is 1. The summed E-state index contributed by atoms with van der Waals surface area (Å²) in [4.78, 5) is 12.5. The summed E-state index contributed by atoms with van der Waals surface area (Å²) in [6.07, 6.45) is 1.58. The number of methoxy groups -OCH3 is 1. The van der Waals surface area contributed by atoms with Crippen molar-refractivity contribution in [3.05, 3.63) is 52.0 Å². The number of carbonyl (C=O) groups is 1. The maximum Gasteiger partial charge on any atom is 0.262 e. The number of amides is 1. The van der Waals surface area contributed by atoms with Crippen molar-refractivity contribution in [3.63, 3.8) is 0 Å². The number of sulfonamides is 1. The fourth-order valence-corrected chi connectivity index (χ4v) is 4.41. The highest BCUT2D eigenvalue weighted by atomic mass is 79.9. The average molecular weight is 499 g/mol. The Morgan fingerprint density at radius 3 is 2.20 bits per heavy atom. The monoisotopic (exact) mass is 498 g/mol. The standard InChI is InChI=1S/C21H27BrN2O5S/c1-4-15-12-17(22)13-16(5-2)21(15)24-20(25)14-29-18-6-8-19(9-7-18)30(26,27)23-10-11-28-3/h6-9,12-13,23H,4-5,10-11,14H2,1-3H3,(H,24,25). The van der Waals surface area contributed by atoms with Crippen LogP contribution in [0.5, 0.6) is 5.75 Å². The van der Waals surface area contributed by atoms with Gasteiger partial charge in [0.2, 0.25) is 10.0 Å². The number of halogens is 1. The Bertz CT molecular complexity index is 937. The number of carbonyl (C=O) groups excluding carboxylic acids is 1. The molecule has 0 unspecified atom stereocenters. The topological polar surface area (TPSA) is 93.7 Å². The summed E-state index contributed by atoms with van der Waals surface area (Å²) in [5.41, 5.74) is 2.91. The summed E-state index contributed by atoms with van der Waals surface area (Å²) in [7, 11) is -2.11. The van der Waals surface area contributed by atoms with Crippen molar-refractivity contribution in [3.8, 4) is 5.75 Å². The maximum absolute atomic E-state index is 12.4. The molecule has 0 atom stereocenters. The van der Waals surface area contributed by atoms with E-state index in [1.54, 1.807) is 0 Å². The number of ether oxygens (including phenoxy) is 2. The van der Waals surface area contributed by atoms with Gasteiger partial charge < -0.3 is 14.8 Å². The second kappa shape index (κ2) is 11.5. The molecule has 0 aliphatic heterocycles. The largest absolute Gasteiger partial charge is 0.484 e. The predicted octanol–water partition coefficient (Wildman–Crippen LogP) is 3.52. The van der Waals surface area contributed by atoms with E-state index in [9.17, 15) is 13.2 Å². The number of hydrogen-bond acceptors (Lipinski definition) is 5. The van der Waals surface area contributed by atoms with E-state index >= 15 is 0 Å². The van der Waals surface area contributed by atoms with Crippen LogP contribution in [0.2, 0.25) is 0 Å². The molecule has 2 rings (SSSR count). The van der Waals surface area contributed by atoms with Crippen LogP contribution in [0.15, 0.2) is 45.8 Å². The molecule has 0 radical (unpaired) electrons. The minimum atomic E-state index is -3.61. The van der Waals surface area contributed by atoms with E-state index in [0.717, 1.165) is 34.1 Å². The minimum Gasteiger partial charge on any atom is -0.484 e. The van der Waals surface area contributed by atoms with Crippen LogP contribution in [-0.4, -0.2) is 41.2 Å². The molecule has 2 N–H and O–H groups in total. The van der Waals surface area contributed by atoms with Crippen molar-refractivity contribution >= 4 is 37.5 Å². The van der Waals surface area contributed by atoms with Gasteiger partial charge in [0.25, 0.3) is 5.91 Å². The van der Waals surface area contributed by atoms with Gasteiger partial charge >= 0.3 is 0 Å².